The molecule has 2 N–H and O–H groups in total. The van der Waals surface area contributed by atoms with E-state index in [0.717, 1.165) is 18.1 Å². The highest BCUT2D eigenvalue weighted by atomic mass is 15.1. The van der Waals surface area contributed by atoms with Crippen molar-refractivity contribution in [2.24, 2.45) is 0 Å². The molecule has 0 saturated carbocycles. The Morgan fingerprint density at radius 1 is 1.05 bits per heavy atom. The minimum Gasteiger partial charge on any atom is -0.366 e. The van der Waals surface area contributed by atoms with Crippen molar-refractivity contribution in [3.8, 4) is 0 Å². The molecule has 0 unspecified atom stereocenters. The number of nitrogens with zero attached hydrogens (tertiary/aromatic N) is 2. The van der Waals surface area contributed by atoms with Crippen molar-refractivity contribution in [1.82, 2.24) is 9.97 Å². The fraction of sp³-hybridized carbons (Fsp3) is 0.375. The standard InChI is InChI=1S/C16H22N4/c1-11(2)18-16-19-13(4)9-15(20-16)17-10-14-7-5-12(3)6-8-14/h5-9,11H,10H2,1-4H3,(H2,17,18,19,20). The molecule has 0 aliphatic carbocycles. The van der Waals surface area contributed by atoms with Crippen LogP contribution >= 0.6 is 0 Å². The van der Waals surface area contributed by atoms with Gasteiger partial charge in [-0.1, -0.05) is 29.8 Å². The van der Waals surface area contributed by atoms with Gasteiger partial charge in [0.25, 0.3) is 0 Å². The number of benzene rings is 1. The molecule has 1 heterocycles. The van der Waals surface area contributed by atoms with Crippen LogP contribution in [0.5, 0.6) is 0 Å². The second kappa shape index (κ2) is 6.37. The van der Waals surface area contributed by atoms with Gasteiger partial charge < -0.3 is 10.6 Å². The molecule has 1 aromatic heterocycles. The van der Waals surface area contributed by atoms with E-state index in [4.69, 9.17) is 0 Å². The summed E-state index contributed by atoms with van der Waals surface area (Å²) in [5.74, 6) is 1.52. The van der Waals surface area contributed by atoms with Crippen LogP contribution in [-0.2, 0) is 6.54 Å². The molecule has 106 valence electrons. The summed E-state index contributed by atoms with van der Waals surface area (Å²) in [5, 5.41) is 6.57. The van der Waals surface area contributed by atoms with Gasteiger partial charge in [-0.05, 0) is 33.3 Å². The van der Waals surface area contributed by atoms with Crippen molar-refractivity contribution < 1.29 is 0 Å². The van der Waals surface area contributed by atoms with Crippen LogP contribution in [0.3, 0.4) is 0 Å². The highest BCUT2D eigenvalue weighted by molar-refractivity contribution is 5.43. The maximum Gasteiger partial charge on any atom is 0.225 e. The van der Waals surface area contributed by atoms with Gasteiger partial charge in [-0.25, -0.2) is 4.98 Å². The van der Waals surface area contributed by atoms with Crippen LogP contribution < -0.4 is 10.6 Å². The van der Waals surface area contributed by atoms with E-state index >= 15 is 0 Å². The molecule has 0 atom stereocenters. The second-order valence-electron chi connectivity index (χ2n) is 5.36. The molecule has 1 aromatic carbocycles. The number of rotatable bonds is 5. The minimum absolute atomic E-state index is 0.321. The average molecular weight is 270 g/mol. The van der Waals surface area contributed by atoms with Gasteiger partial charge in [0.15, 0.2) is 0 Å². The monoisotopic (exact) mass is 270 g/mol. The van der Waals surface area contributed by atoms with E-state index in [9.17, 15) is 0 Å². The Balaban J connectivity index is 2.05. The smallest absolute Gasteiger partial charge is 0.225 e. The van der Waals surface area contributed by atoms with Gasteiger partial charge in [-0.15, -0.1) is 0 Å². The number of nitrogens with one attached hydrogen (secondary N) is 2. The van der Waals surface area contributed by atoms with Gasteiger partial charge in [-0.2, -0.15) is 4.98 Å². The van der Waals surface area contributed by atoms with Gasteiger partial charge in [0.05, 0.1) is 0 Å². The number of hydrogen-bond acceptors (Lipinski definition) is 4. The lowest BCUT2D eigenvalue weighted by atomic mass is 10.1. The molecule has 0 fully saturated rings. The molecule has 0 saturated heterocycles. The van der Waals surface area contributed by atoms with E-state index in [1.165, 1.54) is 11.1 Å². The van der Waals surface area contributed by atoms with E-state index < -0.39 is 0 Å². The van der Waals surface area contributed by atoms with Crippen LogP contribution in [0.2, 0.25) is 0 Å². The molecule has 20 heavy (non-hydrogen) atoms. The maximum atomic E-state index is 4.47. The van der Waals surface area contributed by atoms with Crippen molar-refractivity contribution in [1.29, 1.82) is 0 Å². The van der Waals surface area contributed by atoms with Gasteiger partial charge in [0.1, 0.15) is 5.82 Å². The third kappa shape index (κ3) is 4.23. The molecule has 2 aromatic rings. The van der Waals surface area contributed by atoms with Gasteiger partial charge in [0, 0.05) is 24.3 Å². The minimum atomic E-state index is 0.321. The van der Waals surface area contributed by atoms with Crippen LogP contribution in [0.15, 0.2) is 30.3 Å². The molecule has 0 amide bonds. The Kier molecular flexibility index (Phi) is 4.56. The van der Waals surface area contributed by atoms with Crippen LogP contribution in [0.25, 0.3) is 0 Å². The van der Waals surface area contributed by atoms with E-state index in [1.807, 2.05) is 13.0 Å². The maximum absolute atomic E-state index is 4.47. The van der Waals surface area contributed by atoms with E-state index in [1.54, 1.807) is 0 Å². The highest BCUT2D eigenvalue weighted by Crippen LogP contribution is 2.12. The zero-order valence-electron chi connectivity index (χ0n) is 12.6. The molecule has 2 rings (SSSR count). The first-order valence-corrected chi connectivity index (χ1v) is 6.94. The topological polar surface area (TPSA) is 49.8 Å². The summed E-state index contributed by atoms with van der Waals surface area (Å²) < 4.78 is 0. The number of anilines is 2. The largest absolute Gasteiger partial charge is 0.366 e. The van der Waals surface area contributed by atoms with Gasteiger partial charge in [-0.3, -0.25) is 0 Å². The van der Waals surface area contributed by atoms with Crippen LogP contribution in [0.1, 0.15) is 30.7 Å². The number of aryl methyl sites for hydroxylation is 2. The highest BCUT2D eigenvalue weighted by Gasteiger charge is 2.03. The Hall–Kier alpha value is -2.10. The Labute approximate surface area is 120 Å². The first-order valence-electron chi connectivity index (χ1n) is 6.94. The third-order valence-corrected chi connectivity index (χ3v) is 2.87. The molecule has 0 radical (unpaired) electrons. The summed E-state index contributed by atoms with van der Waals surface area (Å²) >= 11 is 0. The molecule has 4 heteroatoms. The van der Waals surface area contributed by atoms with Gasteiger partial charge >= 0.3 is 0 Å². The lowest BCUT2D eigenvalue weighted by molar-refractivity contribution is 0.870. The molecule has 0 spiro atoms. The fourth-order valence-electron chi connectivity index (χ4n) is 1.88. The average Bonchev–Trinajstić information content (AvgIpc) is 2.36. The van der Waals surface area contributed by atoms with Crippen LogP contribution in [0.4, 0.5) is 11.8 Å². The normalized spacial score (nSPS) is 10.7. The third-order valence-electron chi connectivity index (χ3n) is 2.87. The van der Waals surface area contributed by atoms with Crippen molar-refractivity contribution in [2.75, 3.05) is 10.6 Å². The van der Waals surface area contributed by atoms with Crippen molar-refractivity contribution in [2.45, 2.75) is 40.3 Å². The zero-order chi connectivity index (χ0) is 14.5. The summed E-state index contributed by atoms with van der Waals surface area (Å²) in [5.41, 5.74) is 3.47. The fourth-order valence-corrected chi connectivity index (χ4v) is 1.88. The van der Waals surface area contributed by atoms with Crippen LogP contribution in [-0.4, -0.2) is 16.0 Å². The van der Waals surface area contributed by atoms with Gasteiger partial charge in [0.2, 0.25) is 5.95 Å². The summed E-state index contributed by atoms with van der Waals surface area (Å²) in [6, 6.07) is 10.8. The van der Waals surface area contributed by atoms with E-state index in [-0.39, 0.29) is 0 Å². The van der Waals surface area contributed by atoms with Crippen molar-refractivity contribution in [3.63, 3.8) is 0 Å². The van der Waals surface area contributed by atoms with Crippen LogP contribution in [0, 0.1) is 13.8 Å². The quantitative estimate of drug-likeness (QED) is 0.872. The molecule has 0 aliphatic heterocycles. The predicted molar refractivity (Wildman–Crippen MR) is 84.0 cm³/mol. The second-order valence-corrected chi connectivity index (χ2v) is 5.36. The molecule has 0 aliphatic rings. The summed E-state index contributed by atoms with van der Waals surface area (Å²) in [7, 11) is 0. The first kappa shape index (κ1) is 14.3. The molecule has 0 bridgehead atoms. The molecule has 4 nitrogen and oxygen atoms in total. The van der Waals surface area contributed by atoms with E-state index in [2.05, 4.69) is 65.6 Å². The lowest BCUT2D eigenvalue weighted by Gasteiger charge is -2.12. The van der Waals surface area contributed by atoms with Crippen molar-refractivity contribution in [3.05, 3.63) is 47.2 Å². The number of hydrogen-bond donors (Lipinski definition) is 2. The van der Waals surface area contributed by atoms with Crippen molar-refractivity contribution >= 4 is 11.8 Å². The zero-order valence-corrected chi connectivity index (χ0v) is 12.6. The Bertz CT molecular complexity index is 561. The summed E-state index contributed by atoms with van der Waals surface area (Å²) in [4.78, 5) is 8.85. The Morgan fingerprint density at radius 3 is 2.40 bits per heavy atom. The first-order chi connectivity index (χ1) is 9.52. The summed E-state index contributed by atoms with van der Waals surface area (Å²) in [6.45, 7) is 8.98. The SMILES string of the molecule is Cc1ccc(CNc2cc(C)nc(NC(C)C)n2)cc1. The summed E-state index contributed by atoms with van der Waals surface area (Å²) in [6.07, 6.45) is 0. The predicted octanol–water partition coefficient (Wildman–Crippen LogP) is 3.53. The lowest BCUT2D eigenvalue weighted by Crippen LogP contribution is -2.14. The molecular weight excluding hydrogens is 248 g/mol. The Morgan fingerprint density at radius 2 is 1.75 bits per heavy atom. The molecular formula is C16H22N4. The number of aromatic nitrogens is 2. The van der Waals surface area contributed by atoms with E-state index in [0.29, 0.717) is 12.0 Å².